The van der Waals surface area contributed by atoms with Crippen molar-refractivity contribution in [3.8, 4) is 11.5 Å². The Kier molecular flexibility index (Phi) is 13.1. The van der Waals surface area contributed by atoms with Crippen LogP contribution >= 0.6 is 24.0 Å². The summed E-state index contributed by atoms with van der Waals surface area (Å²) in [5.74, 6) is 2.08. The van der Waals surface area contributed by atoms with Crippen molar-refractivity contribution in [3.05, 3.63) is 60.2 Å². The molecule has 0 spiro atoms. The fourth-order valence-electron chi connectivity index (χ4n) is 2.72. The predicted molar refractivity (Wildman–Crippen MR) is 136 cm³/mol. The number of ether oxygens (including phenoxy) is 2. The van der Waals surface area contributed by atoms with E-state index in [2.05, 4.69) is 20.9 Å². The number of benzene rings is 2. The molecule has 0 aliphatic carbocycles. The molecule has 0 aromatic heterocycles. The highest BCUT2D eigenvalue weighted by molar-refractivity contribution is 14.0. The number of halogens is 1. The molecule has 0 heterocycles. The average molecular weight is 540 g/mol. The van der Waals surface area contributed by atoms with E-state index < -0.39 is 0 Å². The molecule has 0 aliphatic heterocycles. The fourth-order valence-corrected chi connectivity index (χ4v) is 2.72. The molecule has 2 aromatic rings. The number of hydrogen-bond donors (Lipinski definition) is 3. The van der Waals surface area contributed by atoms with Crippen LogP contribution in [0.15, 0.2) is 59.6 Å². The van der Waals surface area contributed by atoms with Gasteiger partial charge in [0.05, 0.1) is 13.7 Å². The smallest absolute Gasteiger partial charge is 0.251 e. The molecule has 170 valence electrons. The van der Waals surface area contributed by atoms with E-state index in [9.17, 15) is 4.79 Å². The van der Waals surface area contributed by atoms with Crippen LogP contribution < -0.4 is 25.4 Å². The number of carbonyl (C=O) groups excluding carboxylic acids is 1. The van der Waals surface area contributed by atoms with Crippen LogP contribution in [0, 0.1) is 0 Å². The molecule has 1 amide bonds. The second-order valence-corrected chi connectivity index (χ2v) is 6.70. The molecule has 3 N–H and O–H groups in total. The first kappa shape index (κ1) is 26.5. The third-order valence-corrected chi connectivity index (χ3v) is 4.22. The second kappa shape index (κ2) is 15.3. The van der Waals surface area contributed by atoms with Crippen molar-refractivity contribution in [2.24, 2.45) is 4.99 Å². The summed E-state index contributed by atoms with van der Waals surface area (Å²) < 4.78 is 11.3. The summed E-state index contributed by atoms with van der Waals surface area (Å²) in [6.07, 6.45) is 0.679. The summed E-state index contributed by atoms with van der Waals surface area (Å²) in [5, 5.41) is 9.43. The third-order valence-electron chi connectivity index (χ3n) is 4.22. The van der Waals surface area contributed by atoms with E-state index in [1.807, 2.05) is 56.3 Å². The molecule has 0 bridgehead atoms. The number of nitrogens with zero attached hydrogens (tertiary/aromatic N) is 1. The Morgan fingerprint density at radius 1 is 0.968 bits per heavy atom. The first-order chi connectivity index (χ1) is 14.6. The van der Waals surface area contributed by atoms with Crippen LogP contribution in [0.1, 0.15) is 30.6 Å². The molecule has 2 aromatic carbocycles. The van der Waals surface area contributed by atoms with E-state index in [0.29, 0.717) is 36.7 Å². The van der Waals surface area contributed by atoms with Crippen molar-refractivity contribution < 1.29 is 14.3 Å². The summed E-state index contributed by atoms with van der Waals surface area (Å²) in [6.45, 7) is 6.54. The van der Waals surface area contributed by atoms with Gasteiger partial charge in [-0.25, -0.2) is 4.99 Å². The first-order valence-electron chi connectivity index (χ1n) is 10.3. The van der Waals surface area contributed by atoms with Crippen LogP contribution in [0.2, 0.25) is 0 Å². The summed E-state index contributed by atoms with van der Waals surface area (Å²) in [5.41, 5.74) is 0.671. The number of nitrogens with one attached hydrogen (secondary N) is 3. The van der Waals surface area contributed by atoms with Gasteiger partial charge < -0.3 is 25.4 Å². The van der Waals surface area contributed by atoms with Crippen molar-refractivity contribution in [3.63, 3.8) is 0 Å². The van der Waals surface area contributed by atoms with Crippen molar-refractivity contribution in [1.29, 1.82) is 0 Å². The monoisotopic (exact) mass is 540 g/mol. The molecule has 2 rings (SSSR count). The quantitative estimate of drug-likeness (QED) is 0.176. The normalized spacial score (nSPS) is 11.6. The molecule has 0 fully saturated rings. The molecule has 1 atom stereocenters. The number of aliphatic imine (C=N–C) groups is 1. The van der Waals surface area contributed by atoms with Gasteiger partial charge in [0.15, 0.2) is 17.5 Å². The van der Waals surface area contributed by atoms with E-state index in [1.54, 1.807) is 19.2 Å². The highest BCUT2D eigenvalue weighted by Gasteiger charge is 2.09. The van der Waals surface area contributed by atoms with Gasteiger partial charge >= 0.3 is 0 Å². The van der Waals surface area contributed by atoms with Crippen LogP contribution in [-0.4, -0.2) is 51.3 Å². The maximum atomic E-state index is 12.0. The topological polar surface area (TPSA) is 84.0 Å². The van der Waals surface area contributed by atoms with Gasteiger partial charge in [0, 0.05) is 25.2 Å². The Labute approximate surface area is 202 Å². The molecule has 0 aliphatic rings. The van der Waals surface area contributed by atoms with Crippen molar-refractivity contribution >= 4 is 35.8 Å². The van der Waals surface area contributed by atoms with Crippen LogP contribution in [0.25, 0.3) is 0 Å². The lowest BCUT2D eigenvalue weighted by Crippen LogP contribution is -2.39. The van der Waals surface area contributed by atoms with Crippen molar-refractivity contribution in [1.82, 2.24) is 16.0 Å². The zero-order valence-corrected chi connectivity index (χ0v) is 20.7. The van der Waals surface area contributed by atoms with Gasteiger partial charge in [-0.1, -0.05) is 30.3 Å². The Hall–Kier alpha value is -2.49. The molecule has 8 heteroatoms. The Bertz CT molecular complexity index is 802. The molecule has 0 radical (unpaired) electrons. The Morgan fingerprint density at radius 3 is 2.29 bits per heavy atom. The van der Waals surface area contributed by atoms with Gasteiger partial charge in [0.25, 0.3) is 5.91 Å². The lowest BCUT2D eigenvalue weighted by Gasteiger charge is -2.16. The average Bonchev–Trinajstić information content (AvgIpc) is 2.78. The summed E-state index contributed by atoms with van der Waals surface area (Å²) >= 11 is 0. The van der Waals surface area contributed by atoms with Gasteiger partial charge in [0.2, 0.25) is 0 Å². The minimum atomic E-state index is -0.109. The molecular weight excluding hydrogens is 507 g/mol. The molecule has 1 unspecified atom stereocenters. The Morgan fingerprint density at radius 2 is 1.61 bits per heavy atom. The molecule has 7 nitrogen and oxygen atoms in total. The number of para-hydroxylation sites is 2. The number of amides is 1. The van der Waals surface area contributed by atoms with Crippen molar-refractivity contribution in [2.75, 3.05) is 33.3 Å². The maximum absolute atomic E-state index is 12.0. The van der Waals surface area contributed by atoms with Gasteiger partial charge in [-0.2, -0.15) is 0 Å². The van der Waals surface area contributed by atoms with E-state index >= 15 is 0 Å². The van der Waals surface area contributed by atoms with Gasteiger partial charge in [-0.3, -0.25) is 4.79 Å². The Balaban J connectivity index is 0.00000480. The van der Waals surface area contributed by atoms with E-state index in [4.69, 9.17) is 9.47 Å². The van der Waals surface area contributed by atoms with Crippen LogP contribution in [-0.2, 0) is 0 Å². The predicted octanol–water partition coefficient (Wildman–Crippen LogP) is 3.46. The number of guanidine groups is 1. The van der Waals surface area contributed by atoms with Gasteiger partial charge in [0.1, 0.15) is 6.10 Å². The van der Waals surface area contributed by atoms with Gasteiger partial charge in [-0.15, -0.1) is 24.0 Å². The van der Waals surface area contributed by atoms with E-state index in [1.165, 1.54) is 0 Å². The van der Waals surface area contributed by atoms with E-state index in [0.717, 1.165) is 18.9 Å². The standard InChI is InChI=1S/C23H32N4O3.HI/c1-4-24-23(26-16-10-15-25-22(28)19-11-6-5-7-12-19)27-17-18(2)30-21-14-9-8-13-20(21)29-3;/h5-9,11-14,18H,4,10,15-17H2,1-3H3,(H,25,28)(H2,24,26,27);1H. The van der Waals surface area contributed by atoms with Crippen molar-refractivity contribution in [2.45, 2.75) is 26.4 Å². The highest BCUT2D eigenvalue weighted by atomic mass is 127. The third kappa shape index (κ3) is 9.91. The molecule has 0 saturated carbocycles. The summed E-state index contributed by atoms with van der Waals surface area (Å²) in [7, 11) is 1.63. The van der Waals surface area contributed by atoms with E-state index in [-0.39, 0.29) is 36.0 Å². The number of carbonyl (C=O) groups is 1. The fraction of sp³-hybridized carbons (Fsp3) is 0.391. The SMILES string of the molecule is CCNC(=NCC(C)Oc1ccccc1OC)NCCCNC(=O)c1ccccc1.I. The van der Waals surface area contributed by atoms with Gasteiger partial charge in [-0.05, 0) is 44.5 Å². The lowest BCUT2D eigenvalue weighted by atomic mass is 10.2. The number of hydrogen-bond acceptors (Lipinski definition) is 4. The lowest BCUT2D eigenvalue weighted by molar-refractivity contribution is 0.0953. The van der Waals surface area contributed by atoms with Crippen LogP contribution in [0.3, 0.4) is 0 Å². The summed E-state index contributed by atoms with van der Waals surface area (Å²) in [4.78, 5) is 16.6. The first-order valence-corrected chi connectivity index (χ1v) is 10.3. The maximum Gasteiger partial charge on any atom is 0.251 e. The molecule has 0 saturated heterocycles. The van der Waals surface area contributed by atoms with Crippen LogP contribution in [0.5, 0.6) is 11.5 Å². The van der Waals surface area contributed by atoms with Crippen LogP contribution in [0.4, 0.5) is 0 Å². The zero-order chi connectivity index (χ0) is 21.6. The number of rotatable bonds is 11. The molecular formula is C23H33IN4O3. The number of methoxy groups -OCH3 is 1. The zero-order valence-electron chi connectivity index (χ0n) is 18.4. The largest absolute Gasteiger partial charge is 0.493 e. The summed E-state index contributed by atoms with van der Waals surface area (Å²) in [6, 6.07) is 16.8. The minimum Gasteiger partial charge on any atom is -0.493 e. The second-order valence-electron chi connectivity index (χ2n) is 6.70. The minimum absolute atomic E-state index is 0. The highest BCUT2D eigenvalue weighted by Crippen LogP contribution is 2.26. The molecule has 31 heavy (non-hydrogen) atoms.